The average molecular weight is 194 g/mol. The van der Waals surface area contributed by atoms with E-state index in [0.29, 0.717) is 0 Å². The summed E-state index contributed by atoms with van der Waals surface area (Å²) in [6.45, 7) is 3.71. The first kappa shape index (κ1) is 10.6. The smallest absolute Gasteiger partial charge is 0.284 e. The second kappa shape index (κ2) is 3.70. The maximum atomic E-state index is 11.9. The molecule has 0 N–H and O–H groups in total. The molecule has 3 unspecified atom stereocenters. The van der Waals surface area contributed by atoms with Gasteiger partial charge in [-0.2, -0.15) is 0 Å². The molecule has 1 rings (SSSR count). The summed E-state index contributed by atoms with van der Waals surface area (Å²) in [4.78, 5) is 0. The lowest BCUT2D eigenvalue weighted by atomic mass is 9.84. The summed E-state index contributed by atoms with van der Waals surface area (Å²) in [7, 11) is 0. The van der Waals surface area contributed by atoms with Gasteiger partial charge in [0.15, 0.2) is 0 Å². The van der Waals surface area contributed by atoms with Crippen LogP contribution in [0.2, 0.25) is 0 Å². The van der Waals surface area contributed by atoms with Gasteiger partial charge in [-0.1, -0.05) is 26.0 Å². The quantitative estimate of drug-likeness (QED) is 0.583. The molecule has 0 amide bonds. The Hall–Kier alpha value is -0.510. The van der Waals surface area contributed by atoms with Gasteiger partial charge in [0.2, 0.25) is 0 Å². The molecule has 4 heteroatoms. The Morgan fingerprint density at radius 1 is 1.31 bits per heavy atom. The van der Waals surface area contributed by atoms with Crippen molar-refractivity contribution >= 4 is 0 Å². The molecular formula is C9H13F3O. The van der Waals surface area contributed by atoms with E-state index in [9.17, 15) is 13.2 Å². The van der Waals surface area contributed by atoms with Crippen LogP contribution in [-0.4, -0.2) is 12.5 Å². The van der Waals surface area contributed by atoms with Crippen molar-refractivity contribution in [3.63, 3.8) is 0 Å². The normalized spacial score (nSPS) is 35.0. The highest BCUT2D eigenvalue weighted by atomic mass is 19.4. The number of alkyl halides is 3. The molecule has 0 aromatic heterocycles. The summed E-state index contributed by atoms with van der Waals surface area (Å²) in [6.07, 6.45) is -1.26. The largest absolute Gasteiger partial charge is 0.523 e. The van der Waals surface area contributed by atoms with Gasteiger partial charge in [-0.25, -0.2) is 0 Å². The minimum Gasteiger partial charge on any atom is -0.284 e. The number of ether oxygens (including phenoxy) is 1. The van der Waals surface area contributed by atoms with Gasteiger partial charge in [-0.05, 0) is 18.3 Å². The van der Waals surface area contributed by atoms with Crippen molar-refractivity contribution in [3.8, 4) is 0 Å². The van der Waals surface area contributed by atoms with Gasteiger partial charge in [0.1, 0.15) is 0 Å². The third-order valence-electron chi connectivity index (χ3n) is 2.52. The van der Waals surface area contributed by atoms with E-state index in [1.54, 1.807) is 13.0 Å². The van der Waals surface area contributed by atoms with Crippen molar-refractivity contribution in [2.45, 2.75) is 32.7 Å². The van der Waals surface area contributed by atoms with Crippen LogP contribution in [0.3, 0.4) is 0 Å². The second-order valence-corrected chi connectivity index (χ2v) is 3.53. The van der Waals surface area contributed by atoms with E-state index in [2.05, 4.69) is 4.74 Å². The van der Waals surface area contributed by atoms with E-state index < -0.39 is 12.5 Å². The lowest BCUT2D eigenvalue weighted by Crippen LogP contribution is -2.32. The number of halogens is 3. The van der Waals surface area contributed by atoms with Gasteiger partial charge < -0.3 is 0 Å². The molecule has 0 radical (unpaired) electrons. The third-order valence-corrected chi connectivity index (χ3v) is 2.52. The fourth-order valence-electron chi connectivity index (χ4n) is 1.44. The van der Waals surface area contributed by atoms with E-state index in [1.807, 2.05) is 6.92 Å². The van der Waals surface area contributed by atoms with E-state index in [0.717, 1.165) is 6.42 Å². The zero-order chi connectivity index (χ0) is 10.1. The first-order valence-electron chi connectivity index (χ1n) is 4.31. The van der Waals surface area contributed by atoms with Crippen molar-refractivity contribution in [2.24, 2.45) is 11.8 Å². The highest BCUT2D eigenvalue weighted by Gasteiger charge is 2.36. The van der Waals surface area contributed by atoms with Gasteiger partial charge in [-0.15, -0.1) is 13.2 Å². The number of hydrogen-bond acceptors (Lipinski definition) is 1. The lowest BCUT2D eigenvalue weighted by Gasteiger charge is -2.30. The predicted octanol–water partition coefficient (Wildman–Crippen LogP) is 3.12. The van der Waals surface area contributed by atoms with E-state index in [-0.39, 0.29) is 11.8 Å². The Kier molecular flexibility index (Phi) is 3.01. The van der Waals surface area contributed by atoms with Crippen molar-refractivity contribution in [1.82, 2.24) is 0 Å². The zero-order valence-electron chi connectivity index (χ0n) is 7.64. The van der Waals surface area contributed by atoms with Crippen LogP contribution in [0.5, 0.6) is 0 Å². The molecular weight excluding hydrogens is 181 g/mol. The van der Waals surface area contributed by atoms with Crippen LogP contribution in [-0.2, 0) is 4.74 Å². The Bertz CT molecular complexity index is 198. The first-order chi connectivity index (χ1) is 5.90. The molecule has 13 heavy (non-hydrogen) atoms. The topological polar surface area (TPSA) is 9.23 Å². The first-order valence-corrected chi connectivity index (χ1v) is 4.31. The van der Waals surface area contributed by atoms with Crippen LogP contribution in [0.4, 0.5) is 13.2 Å². The molecule has 0 bridgehead atoms. The second-order valence-electron chi connectivity index (χ2n) is 3.53. The summed E-state index contributed by atoms with van der Waals surface area (Å²) in [5.41, 5.74) is 0. The Labute approximate surface area is 75.6 Å². The van der Waals surface area contributed by atoms with Crippen LogP contribution in [0.25, 0.3) is 0 Å². The van der Waals surface area contributed by atoms with Crippen LogP contribution in [0.15, 0.2) is 12.2 Å². The molecule has 0 heterocycles. The van der Waals surface area contributed by atoms with E-state index >= 15 is 0 Å². The lowest BCUT2D eigenvalue weighted by molar-refractivity contribution is -0.342. The fraction of sp³-hybridized carbons (Fsp3) is 0.778. The Morgan fingerprint density at radius 3 is 2.46 bits per heavy atom. The van der Waals surface area contributed by atoms with Gasteiger partial charge >= 0.3 is 6.36 Å². The minimum absolute atomic E-state index is 0.0772. The van der Waals surface area contributed by atoms with Gasteiger partial charge in [0, 0.05) is 0 Å². The summed E-state index contributed by atoms with van der Waals surface area (Å²) in [5, 5.41) is 0. The molecule has 76 valence electrons. The number of rotatable bonds is 1. The van der Waals surface area contributed by atoms with Crippen molar-refractivity contribution < 1.29 is 17.9 Å². The van der Waals surface area contributed by atoms with Gasteiger partial charge in [-0.3, -0.25) is 4.74 Å². The predicted molar refractivity (Wildman–Crippen MR) is 43.0 cm³/mol. The van der Waals surface area contributed by atoms with Crippen molar-refractivity contribution in [2.75, 3.05) is 0 Å². The molecule has 0 saturated carbocycles. The van der Waals surface area contributed by atoms with Crippen molar-refractivity contribution in [3.05, 3.63) is 12.2 Å². The van der Waals surface area contributed by atoms with Crippen molar-refractivity contribution in [1.29, 1.82) is 0 Å². The SMILES string of the molecule is CC1CC=CC(OC(F)(F)F)C1C. The molecule has 0 aliphatic heterocycles. The summed E-state index contributed by atoms with van der Waals surface area (Å²) in [5.74, 6) is 0.170. The fourth-order valence-corrected chi connectivity index (χ4v) is 1.44. The molecule has 0 fully saturated rings. The molecule has 1 nitrogen and oxygen atoms in total. The maximum Gasteiger partial charge on any atom is 0.523 e. The third kappa shape index (κ3) is 3.03. The average Bonchev–Trinajstić information content (AvgIpc) is 1.96. The molecule has 0 spiro atoms. The Morgan fingerprint density at radius 2 is 1.92 bits per heavy atom. The molecule has 0 saturated heterocycles. The summed E-state index contributed by atoms with van der Waals surface area (Å²) in [6, 6.07) is 0. The number of allylic oxidation sites excluding steroid dienone is 1. The highest BCUT2D eigenvalue weighted by molar-refractivity contribution is 4.99. The standard InChI is InChI=1S/C9H13F3O/c1-6-4-3-5-8(7(6)2)13-9(10,11)12/h3,5-8H,4H2,1-2H3. The molecule has 3 atom stereocenters. The van der Waals surface area contributed by atoms with Crippen LogP contribution < -0.4 is 0 Å². The molecule has 0 aromatic carbocycles. The van der Waals surface area contributed by atoms with E-state index in [1.165, 1.54) is 6.08 Å². The molecule has 1 aliphatic rings. The highest BCUT2D eigenvalue weighted by Crippen LogP contribution is 2.31. The van der Waals surface area contributed by atoms with Crippen LogP contribution in [0.1, 0.15) is 20.3 Å². The van der Waals surface area contributed by atoms with Gasteiger partial charge in [0.05, 0.1) is 6.10 Å². The van der Waals surface area contributed by atoms with E-state index in [4.69, 9.17) is 0 Å². The zero-order valence-corrected chi connectivity index (χ0v) is 7.64. The Balaban J connectivity index is 2.59. The minimum atomic E-state index is -4.53. The summed E-state index contributed by atoms with van der Waals surface area (Å²) < 4.78 is 39.6. The summed E-state index contributed by atoms with van der Waals surface area (Å²) >= 11 is 0. The van der Waals surface area contributed by atoms with Gasteiger partial charge in [0.25, 0.3) is 0 Å². The van der Waals surface area contributed by atoms with Crippen LogP contribution in [0, 0.1) is 11.8 Å². The molecule has 0 aromatic rings. The number of hydrogen-bond donors (Lipinski definition) is 0. The van der Waals surface area contributed by atoms with Crippen LogP contribution >= 0.6 is 0 Å². The monoisotopic (exact) mass is 194 g/mol. The maximum absolute atomic E-state index is 11.9. The molecule has 1 aliphatic carbocycles.